The number of aliphatic hydroxyl groups is 3. The molecule has 0 radical (unpaired) electrons. The van der Waals surface area contributed by atoms with Crippen LogP contribution in [0.15, 0.2) is 11.6 Å². The Morgan fingerprint density at radius 1 is 0.943 bits per heavy atom. The van der Waals surface area contributed by atoms with E-state index < -0.39 is 29.2 Å². The zero-order chi connectivity index (χ0) is 26.0. The van der Waals surface area contributed by atoms with Gasteiger partial charge in [-0.05, 0) is 97.7 Å². The van der Waals surface area contributed by atoms with E-state index in [4.69, 9.17) is 0 Å². The van der Waals surface area contributed by atoms with Crippen LogP contribution in [0, 0.1) is 50.7 Å². The SMILES string of the molecule is C[C@@H]1CC[C@]2(C(=O)O)CC[C@]3(C)C(=CC[C@H]4[C@@]5(C)C[C@@H](O)[C@H](O)C(C)(C)[C@@H]5CC[C@]43C)[C@@H]2[C@]1(C)O. The lowest BCUT2D eigenvalue weighted by Crippen LogP contribution is -2.68. The molecule has 0 spiro atoms. The van der Waals surface area contributed by atoms with Crippen LogP contribution in [0.4, 0.5) is 0 Å². The third kappa shape index (κ3) is 2.90. The van der Waals surface area contributed by atoms with Gasteiger partial charge in [-0.3, -0.25) is 4.79 Å². The van der Waals surface area contributed by atoms with Gasteiger partial charge in [-0.25, -0.2) is 0 Å². The molecule has 5 heteroatoms. The third-order valence-corrected chi connectivity index (χ3v) is 13.4. The number of carbonyl (C=O) groups is 1. The molecule has 5 aliphatic carbocycles. The van der Waals surface area contributed by atoms with Crippen LogP contribution in [0.1, 0.15) is 99.8 Å². The van der Waals surface area contributed by atoms with Gasteiger partial charge in [0.1, 0.15) is 0 Å². The lowest BCUT2D eigenvalue weighted by Gasteiger charge is -2.72. The van der Waals surface area contributed by atoms with E-state index in [1.54, 1.807) is 0 Å². The summed E-state index contributed by atoms with van der Waals surface area (Å²) in [6.07, 6.45) is 7.21. The highest BCUT2D eigenvalue weighted by atomic mass is 16.4. The zero-order valence-electron chi connectivity index (χ0n) is 22.9. The second-order valence-electron chi connectivity index (χ2n) is 14.9. The summed E-state index contributed by atoms with van der Waals surface area (Å²) in [6.45, 7) is 15.3. The van der Waals surface area contributed by atoms with E-state index in [0.717, 1.165) is 32.1 Å². The maximum Gasteiger partial charge on any atom is 0.310 e. The van der Waals surface area contributed by atoms with E-state index in [2.05, 4.69) is 47.6 Å². The van der Waals surface area contributed by atoms with Crippen molar-refractivity contribution in [3.05, 3.63) is 11.6 Å². The molecule has 0 aliphatic heterocycles. The van der Waals surface area contributed by atoms with Gasteiger partial charge in [0.15, 0.2) is 0 Å². The molecule has 4 N–H and O–H groups in total. The normalized spacial score (nSPS) is 57.1. The Labute approximate surface area is 211 Å². The van der Waals surface area contributed by atoms with E-state index >= 15 is 0 Å². The first-order chi connectivity index (χ1) is 16.0. The fourth-order valence-corrected chi connectivity index (χ4v) is 11.0. The maximum absolute atomic E-state index is 12.8. The molecule has 5 rings (SSSR count). The van der Waals surface area contributed by atoms with Gasteiger partial charge >= 0.3 is 5.97 Å². The molecule has 5 nitrogen and oxygen atoms in total. The number of carboxylic acids is 1. The molecule has 0 unspecified atom stereocenters. The summed E-state index contributed by atoms with van der Waals surface area (Å²) in [4.78, 5) is 12.8. The Bertz CT molecular complexity index is 952. The van der Waals surface area contributed by atoms with Gasteiger partial charge in [0.05, 0.1) is 23.2 Å². The average molecular weight is 489 g/mol. The van der Waals surface area contributed by atoms with E-state index in [-0.39, 0.29) is 33.5 Å². The van der Waals surface area contributed by atoms with Gasteiger partial charge in [0, 0.05) is 5.92 Å². The number of carboxylic acid groups (broad SMARTS) is 1. The molecule has 0 bridgehead atoms. The van der Waals surface area contributed by atoms with Crippen LogP contribution in [0.5, 0.6) is 0 Å². The Morgan fingerprint density at radius 3 is 2.23 bits per heavy atom. The van der Waals surface area contributed by atoms with Crippen molar-refractivity contribution in [2.45, 2.75) is 118 Å². The summed E-state index contributed by atoms with van der Waals surface area (Å²) in [5.41, 5.74) is -1.46. The minimum Gasteiger partial charge on any atom is -0.481 e. The number of aliphatic hydroxyl groups excluding tert-OH is 2. The number of hydrogen-bond acceptors (Lipinski definition) is 4. The fraction of sp³-hybridized carbons (Fsp3) is 0.900. The largest absolute Gasteiger partial charge is 0.481 e. The first-order valence-corrected chi connectivity index (χ1v) is 14.0. The molecule has 4 fully saturated rings. The maximum atomic E-state index is 12.8. The predicted molar refractivity (Wildman–Crippen MR) is 135 cm³/mol. The van der Waals surface area contributed by atoms with Crippen molar-refractivity contribution in [2.75, 3.05) is 0 Å². The Morgan fingerprint density at radius 2 is 1.60 bits per heavy atom. The first-order valence-electron chi connectivity index (χ1n) is 14.0. The smallest absolute Gasteiger partial charge is 0.310 e. The molecule has 4 saturated carbocycles. The van der Waals surface area contributed by atoms with Gasteiger partial charge < -0.3 is 20.4 Å². The summed E-state index contributed by atoms with van der Waals surface area (Å²) in [5, 5.41) is 44.3. The van der Waals surface area contributed by atoms with E-state index in [9.17, 15) is 25.2 Å². The van der Waals surface area contributed by atoms with Gasteiger partial charge in [-0.15, -0.1) is 0 Å². The topological polar surface area (TPSA) is 98.0 Å². The van der Waals surface area contributed by atoms with Gasteiger partial charge in [-0.2, -0.15) is 0 Å². The number of rotatable bonds is 1. The van der Waals surface area contributed by atoms with E-state index in [0.29, 0.717) is 31.1 Å². The Hall–Kier alpha value is -0.910. The van der Waals surface area contributed by atoms with Crippen LogP contribution in [0.25, 0.3) is 0 Å². The third-order valence-electron chi connectivity index (χ3n) is 13.4. The van der Waals surface area contributed by atoms with Crippen LogP contribution in [-0.2, 0) is 4.79 Å². The second-order valence-corrected chi connectivity index (χ2v) is 14.9. The van der Waals surface area contributed by atoms with Crippen molar-refractivity contribution < 1.29 is 25.2 Å². The monoisotopic (exact) mass is 488 g/mol. The molecule has 198 valence electrons. The highest BCUT2D eigenvalue weighted by Crippen LogP contribution is 2.76. The standard InChI is InChI=1S/C30H48O5/c1-17-10-13-30(24(33)34)15-14-27(5)18(22(30)29(17,7)35)8-9-21-26(4)16-19(31)23(32)25(2,3)20(26)11-12-28(21,27)6/h8,17,19-23,31-32,35H,9-16H2,1-7H3,(H,33,34)/t17-,19-,20+,21+,22-,23+,26+,27-,28-,29-,30+/m1/s1. The summed E-state index contributed by atoms with van der Waals surface area (Å²) in [6, 6.07) is 0. The number of aliphatic carboxylic acids is 1. The molecule has 0 amide bonds. The number of hydrogen-bond donors (Lipinski definition) is 4. The minimum atomic E-state index is -1.05. The molecule has 0 heterocycles. The molecular formula is C30H48O5. The molecular weight excluding hydrogens is 440 g/mol. The lowest BCUT2D eigenvalue weighted by molar-refractivity contribution is -0.237. The molecule has 0 aromatic heterocycles. The van der Waals surface area contributed by atoms with Crippen molar-refractivity contribution >= 4 is 5.97 Å². The summed E-state index contributed by atoms with van der Waals surface area (Å²) >= 11 is 0. The van der Waals surface area contributed by atoms with Gasteiger partial charge in [0.2, 0.25) is 0 Å². The molecule has 35 heavy (non-hydrogen) atoms. The quantitative estimate of drug-likeness (QED) is 0.382. The molecule has 11 atom stereocenters. The number of allylic oxidation sites excluding steroid dienone is 1. The van der Waals surface area contributed by atoms with Crippen LogP contribution >= 0.6 is 0 Å². The molecule has 5 aliphatic rings. The molecule has 0 saturated heterocycles. The van der Waals surface area contributed by atoms with Crippen molar-refractivity contribution in [3.63, 3.8) is 0 Å². The summed E-state index contributed by atoms with van der Waals surface area (Å²) < 4.78 is 0. The highest BCUT2D eigenvalue weighted by Gasteiger charge is 2.71. The van der Waals surface area contributed by atoms with Crippen LogP contribution < -0.4 is 0 Å². The van der Waals surface area contributed by atoms with E-state index in [1.807, 2.05) is 6.92 Å². The van der Waals surface area contributed by atoms with Crippen LogP contribution in [-0.4, -0.2) is 44.2 Å². The van der Waals surface area contributed by atoms with Crippen molar-refractivity contribution in [1.29, 1.82) is 0 Å². The Balaban J connectivity index is 1.65. The number of fused-ring (bicyclic) bond motifs is 7. The average Bonchev–Trinajstić information content (AvgIpc) is 2.75. The lowest BCUT2D eigenvalue weighted by atomic mass is 9.33. The van der Waals surface area contributed by atoms with Crippen molar-refractivity contribution in [2.24, 2.45) is 50.7 Å². The van der Waals surface area contributed by atoms with Crippen molar-refractivity contribution in [1.82, 2.24) is 0 Å². The van der Waals surface area contributed by atoms with Crippen molar-refractivity contribution in [3.8, 4) is 0 Å². The van der Waals surface area contributed by atoms with Gasteiger partial charge in [0.25, 0.3) is 0 Å². The van der Waals surface area contributed by atoms with E-state index in [1.165, 1.54) is 5.57 Å². The summed E-state index contributed by atoms with van der Waals surface area (Å²) in [7, 11) is 0. The first kappa shape index (κ1) is 25.7. The van der Waals surface area contributed by atoms with Gasteiger partial charge in [-0.1, -0.05) is 53.2 Å². The fourth-order valence-electron chi connectivity index (χ4n) is 11.0. The molecule has 0 aromatic carbocycles. The van der Waals surface area contributed by atoms with Crippen LogP contribution in [0.3, 0.4) is 0 Å². The molecule has 0 aromatic rings. The van der Waals surface area contributed by atoms with Crippen LogP contribution in [0.2, 0.25) is 0 Å². The predicted octanol–water partition coefficient (Wildman–Crippen LogP) is 5.18. The summed E-state index contributed by atoms with van der Waals surface area (Å²) in [5.74, 6) is -0.394. The minimum absolute atomic E-state index is 0.0535. The highest BCUT2D eigenvalue weighted by molar-refractivity contribution is 5.77. The second kappa shape index (κ2) is 7.35. The zero-order valence-corrected chi connectivity index (χ0v) is 22.9. The Kier molecular flexibility index (Phi) is 5.40.